The van der Waals surface area contributed by atoms with Gasteiger partial charge < -0.3 is 5.32 Å². The Kier molecular flexibility index (Phi) is 4.32. The SMILES string of the molecule is CCc1ccc(-c2csc3nc(Cl)nc(NC(C)C)c23)cc1. The predicted octanol–water partition coefficient (Wildman–Crippen LogP) is 5.39. The first kappa shape index (κ1) is 15.3. The molecule has 1 N–H and O–H groups in total. The summed E-state index contributed by atoms with van der Waals surface area (Å²) in [6, 6.07) is 8.95. The third-order valence-electron chi connectivity index (χ3n) is 3.50. The van der Waals surface area contributed by atoms with Crippen molar-refractivity contribution in [3.63, 3.8) is 0 Å². The van der Waals surface area contributed by atoms with Crippen molar-refractivity contribution in [2.24, 2.45) is 0 Å². The van der Waals surface area contributed by atoms with Crippen molar-refractivity contribution in [1.29, 1.82) is 0 Å². The quantitative estimate of drug-likeness (QED) is 0.651. The van der Waals surface area contributed by atoms with Gasteiger partial charge in [0.05, 0.1) is 5.39 Å². The first-order chi connectivity index (χ1) is 10.6. The molecular formula is C17H18ClN3S. The van der Waals surface area contributed by atoms with Gasteiger partial charge in [-0.15, -0.1) is 11.3 Å². The van der Waals surface area contributed by atoms with Gasteiger partial charge in [-0.1, -0.05) is 31.2 Å². The standard InChI is InChI=1S/C17H18ClN3S/c1-4-11-5-7-12(8-6-11)13-9-22-16-14(13)15(19-10(2)3)20-17(18)21-16/h5-10H,4H2,1-3H3,(H,19,20,21). The number of nitrogens with one attached hydrogen (secondary N) is 1. The molecule has 0 unspecified atom stereocenters. The van der Waals surface area contributed by atoms with E-state index in [2.05, 4.69) is 65.7 Å². The number of halogens is 1. The summed E-state index contributed by atoms with van der Waals surface area (Å²) in [5.41, 5.74) is 3.67. The Morgan fingerprint density at radius 3 is 2.55 bits per heavy atom. The highest BCUT2D eigenvalue weighted by Crippen LogP contribution is 2.37. The third kappa shape index (κ3) is 2.94. The molecule has 2 aromatic heterocycles. The van der Waals surface area contributed by atoms with Crippen LogP contribution in [0.4, 0.5) is 5.82 Å². The van der Waals surface area contributed by atoms with E-state index in [1.807, 2.05) is 0 Å². The molecule has 114 valence electrons. The lowest BCUT2D eigenvalue weighted by atomic mass is 10.0. The number of hydrogen-bond donors (Lipinski definition) is 1. The molecule has 1 aromatic carbocycles. The monoisotopic (exact) mass is 331 g/mol. The average Bonchev–Trinajstić information content (AvgIpc) is 2.90. The van der Waals surface area contributed by atoms with Crippen molar-refractivity contribution in [2.75, 3.05) is 5.32 Å². The summed E-state index contributed by atoms with van der Waals surface area (Å²) in [6.45, 7) is 6.34. The molecular weight excluding hydrogens is 314 g/mol. The van der Waals surface area contributed by atoms with Gasteiger partial charge in [0.25, 0.3) is 0 Å². The fraction of sp³-hybridized carbons (Fsp3) is 0.294. The molecule has 0 saturated heterocycles. The highest BCUT2D eigenvalue weighted by molar-refractivity contribution is 7.17. The van der Waals surface area contributed by atoms with Gasteiger partial charge in [0.2, 0.25) is 5.28 Å². The largest absolute Gasteiger partial charge is 0.367 e. The van der Waals surface area contributed by atoms with Crippen molar-refractivity contribution < 1.29 is 0 Å². The van der Waals surface area contributed by atoms with Crippen molar-refractivity contribution in [2.45, 2.75) is 33.2 Å². The fourth-order valence-corrected chi connectivity index (χ4v) is 3.59. The topological polar surface area (TPSA) is 37.8 Å². The van der Waals surface area contributed by atoms with Crippen molar-refractivity contribution >= 4 is 39.0 Å². The van der Waals surface area contributed by atoms with Gasteiger partial charge >= 0.3 is 0 Å². The lowest BCUT2D eigenvalue weighted by molar-refractivity contribution is 0.891. The Balaban J connectivity index is 2.16. The molecule has 0 bridgehead atoms. The highest BCUT2D eigenvalue weighted by Gasteiger charge is 2.15. The van der Waals surface area contributed by atoms with Gasteiger partial charge in [-0.25, -0.2) is 9.97 Å². The molecule has 3 rings (SSSR count). The van der Waals surface area contributed by atoms with Crippen LogP contribution in [0.2, 0.25) is 5.28 Å². The second-order valence-corrected chi connectivity index (χ2v) is 6.72. The van der Waals surface area contributed by atoms with Crippen LogP contribution in [0.5, 0.6) is 0 Å². The molecule has 22 heavy (non-hydrogen) atoms. The molecule has 3 nitrogen and oxygen atoms in total. The van der Waals surface area contributed by atoms with Gasteiger partial charge in [-0.05, 0) is 43.0 Å². The van der Waals surface area contributed by atoms with Gasteiger partial charge in [-0.3, -0.25) is 0 Å². The molecule has 5 heteroatoms. The Morgan fingerprint density at radius 1 is 1.18 bits per heavy atom. The van der Waals surface area contributed by atoms with E-state index in [9.17, 15) is 0 Å². The number of aromatic nitrogens is 2. The van der Waals surface area contributed by atoms with E-state index in [4.69, 9.17) is 11.6 Å². The lowest BCUT2D eigenvalue weighted by Crippen LogP contribution is -2.11. The van der Waals surface area contributed by atoms with E-state index in [0.717, 1.165) is 28.0 Å². The summed E-state index contributed by atoms with van der Waals surface area (Å²) in [7, 11) is 0. The van der Waals surface area contributed by atoms with E-state index in [1.54, 1.807) is 11.3 Å². The minimum absolute atomic E-state index is 0.282. The maximum atomic E-state index is 6.05. The van der Waals surface area contributed by atoms with Crippen LogP contribution in [-0.4, -0.2) is 16.0 Å². The number of aryl methyl sites for hydroxylation is 1. The van der Waals surface area contributed by atoms with Crippen LogP contribution in [0.25, 0.3) is 21.3 Å². The molecule has 0 radical (unpaired) electrons. The zero-order chi connectivity index (χ0) is 15.7. The first-order valence-electron chi connectivity index (χ1n) is 7.39. The smallest absolute Gasteiger partial charge is 0.225 e. The summed E-state index contributed by atoms with van der Waals surface area (Å²) in [6.07, 6.45) is 1.05. The summed E-state index contributed by atoms with van der Waals surface area (Å²) >= 11 is 7.65. The molecule has 0 aliphatic carbocycles. The zero-order valence-corrected chi connectivity index (χ0v) is 14.4. The Morgan fingerprint density at radius 2 is 1.91 bits per heavy atom. The lowest BCUT2D eigenvalue weighted by Gasteiger charge is -2.11. The molecule has 0 saturated carbocycles. The number of nitrogens with zero attached hydrogens (tertiary/aromatic N) is 2. The summed E-state index contributed by atoms with van der Waals surface area (Å²) in [5.74, 6) is 0.806. The maximum Gasteiger partial charge on any atom is 0.225 e. The highest BCUT2D eigenvalue weighted by atomic mass is 35.5. The van der Waals surface area contributed by atoms with Crippen LogP contribution in [-0.2, 0) is 6.42 Å². The van der Waals surface area contributed by atoms with E-state index >= 15 is 0 Å². The minimum Gasteiger partial charge on any atom is -0.367 e. The maximum absolute atomic E-state index is 6.05. The fourth-order valence-electron chi connectivity index (χ4n) is 2.43. The first-order valence-corrected chi connectivity index (χ1v) is 8.64. The van der Waals surface area contributed by atoms with Crippen molar-refractivity contribution in [3.05, 3.63) is 40.5 Å². The Bertz CT molecular complexity index is 794. The predicted molar refractivity (Wildman–Crippen MR) is 96.0 cm³/mol. The van der Waals surface area contributed by atoms with Gasteiger partial charge in [0.15, 0.2) is 0 Å². The molecule has 0 aliphatic heterocycles. The Labute approximate surface area is 139 Å². The molecule has 0 fully saturated rings. The van der Waals surface area contributed by atoms with E-state index in [1.165, 1.54) is 11.1 Å². The number of fused-ring (bicyclic) bond motifs is 1. The number of rotatable bonds is 4. The number of thiophene rings is 1. The van der Waals surface area contributed by atoms with E-state index in [-0.39, 0.29) is 11.3 Å². The summed E-state index contributed by atoms with van der Waals surface area (Å²) < 4.78 is 0. The molecule has 0 amide bonds. The van der Waals surface area contributed by atoms with Crippen LogP contribution >= 0.6 is 22.9 Å². The second-order valence-electron chi connectivity index (χ2n) is 5.52. The summed E-state index contributed by atoms with van der Waals surface area (Å²) in [5, 5.41) is 6.84. The normalized spacial score (nSPS) is 11.3. The minimum atomic E-state index is 0.282. The molecule has 2 heterocycles. The van der Waals surface area contributed by atoms with Crippen LogP contribution in [0.1, 0.15) is 26.3 Å². The van der Waals surface area contributed by atoms with Gasteiger partial charge in [0, 0.05) is 17.0 Å². The van der Waals surface area contributed by atoms with Gasteiger partial charge in [-0.2, -0.15) is 0 Å². The second kappa shape index (κ2) is 6.23. The van der Waals surface area contributed by atoms with Crippen LogP contribution in [0.3, 0.4) is 0 Å². The van der Waals surface area contributed by atoms with Crippen molar-refractivity contribution in [1.82, 2.24) is 9.97 Å². The zero-order valence-electron chi connectivity index (χ0n) is 12.9. The molecule has 0 aliphatic rings. The number of anilines is 1. The Hall–Kier alpha value is -1.65. The van der Waals surface area contributed by atoms with E-state index < -0.39 is 0 Å². The summed E-state index contributed by atoms with van der Waals surface area (Å²) in [4.78, 5) is 9.65. The molecule has 3 aromatic rings. The van der Waals surface area contributed by atoms with Crippen LogP contribution < -0.4 is 5.32 Å². The van der Waals surface area contributed by atoms with Crippen LogP contribution in [0, 0.1) is 0 Å². The van der Waals surface area contributed by atoms with Crippen molar-refractivity contribution in [3.8, 4) is 11.1 Å². The molecule has 0 spiro atoms. The third-order valence-corrected chi connectivity index (χ3v) is 4.55. The average molecular weight is 332 g/mol. The number of hydrogen-bond acceptors (Lipinski definition) is 4. The van der Waals surface area contributed by atoms with E-state index in [0.29, 0.717) is 0 Å². The number of benzene rings is 1. The van der Waals surface area contributed by atoms with Crippen LogP contribution in [0.15, 0.2) is 29.6 Å². The molecule has 0 atom stereocenters. The van der Waals surface area contributed by atoms with Gasteiger partial charge in [0.1, 0.15) is 10.6 Å².